The van der Waals surface area contributed by atoms with Gasteiger partial charge >= 0.3 is 11.8 Å². The van der Waals surface area contributed by atoms with Crippen LogP contribution in [0.5, 0.6) is 5.75 Å². The van der Waals surface area contributed by atoms with Crippen molar-refractivity contribution in [2.45, 2.75) is 25.8 Å². The summed E-state index contributed by atoms with van der Waals surface area (Å²) in [6.07, 6.45) is 2.20. The maximum Gasteiger partial charge on any atom is 0.313 e. The second-order valence-electron chi connectivity index (χ2n) is 7.99. The van der Waals surface area contributed by atoms with Crippen molar-refractivity contribution in [2.75, 3.05) is 51.1 Å². The Hall–Kier alpha value is -3.06. The number of amides is 2. The van der Waals surface area contributed by atoms with Crippen molar-refractivity contribution in [2.24, 2.45) is 0 Å². The topological polar surface area (TPSA) is 73.9 Å². The molecule has 0 radical (unpaired) electrons. The van der Waals surface area contributed by atoms with Gasteiger partial charge < -0.3 is 25.2 Å². The molecule has 0 aromatic heterocycles. The van der Waals surface area contributed by atoms with Crippen molar-refractivity contribution in [1.29, 1.82) is 0 Å². The van der Waals surface area contributed by atoms with Crippen LogP contribution in [-0.4, -0.2) is 57.6 Å². The van der Waals surface area contributed by atoms with Crippen LogP contribution < -0.4 is 20.3 Å². The summed E-state index contributed by atoms with van der Waals surface area (Å²) >= 11 is 0. The molecule has 1 heterocycles. The first-order valence-corrected chi connectivity index (χ1v) is 10.7. The van der Waals surface area contributed by atoms with Crippen LogP contribution in [0.4, 0.5) is 11.4 Å². The lowest BCUT2D eigenvalue weighted by molar-refractivity contribution is -0.136. The van der Waals surface area contributed by atoms with Crippen LogP contribution in [0.3, 0.4) is 0 Å². The molecule has 31 heavy (non-hydrogen) atoms. The van der Waals surface area contributed by atoms with E-state index in [0.29, 0.717) is 24.6 Å². The Morgan fingerprint density at radius 2 is 1.94 bits per heavy atom. The van der Waals surface area contributed by atoms with Gasteiger partial charge in [-0.15, -0.1) is 0 Å². The van der Waals surface area contributed by atoms with Gasteiger partial charge in [0.1, 0.15) is 5.75 Å². The fourth-order valence-corrected chi connectivity index (χ4v) is 3.91. The van der Waals surface area contributed by atoms with E-state index in [9.17, 15) is 9.59 Å². The van der Waals surface area contributed by atoms with Crippen molar-refractivity contribution in [3.8, 4) is 5.75 Å². The van der Waals surface area contributed by atoms with Crippen molar-refractivity contribution in [1.82, 2.24) is 10.2 Å². The third-order valence-corrected chi connectivity index (χ3v) is 5.56. The average Bonchev–Trinajstić information content (AvgIpc) is 2.75. The van der Waals surface area contributed by atoms with Crippen molar-refractivity contribution >= 4 is 23.2 Å². The number of carbonyl (C=O) groups is 2. The molecule has 1 unspecified atom stereocenters. The molecule has 2 aromatic carbocycles. The number of aryl methyl sites for hydroxylation is 1. The molecule has 3 rings (SSSR count). The van der Waals surface area contributed by atoms with Crippen molar-refractivity contribution < 1.29 is 14.3 Å². The third kappa shape index (κ3) is 5.55. The van der Waals surface area contributed by atoms with E-state index in [-0.39, 0.29) is 6.04 Å². The molecule has 1 atom stereocenters. The summed E-state index contributed by atoms with van der Waals surface area (Å²) in [5.41, 5.74) is 4.20. The van der Waals surface area contributed by atoms with Crippen LogP contribution in [-0.2, 0) is 16.0 Å². The molecule has 0 aliphatic carbocycles. The van der Waals surface area contributed by atoms with E-state index in [2.05, 4.69) is 45.7 Å². The number of ether oxygens (including phenoxy) is 1. The monoisotopic (exact) mass is 424 g/mol. The maximum absolute atomic E-state index is 12.5. The van der Waals surface area contributed by atoms with Crippen LogP contribution in [0.2, 0.25) is 0 Å². The number of benzene rings is 2. The number of anilines is 2. The predicted octanol–water partition coefficient (Wildman–Crippen LogP) is 2.83. The van der Waals surface area contributed by atoms with E-state index >= 15 is 0 Å². The molecule has 166 valence electrons. The van der Waals surface area contributed by atoms with Crippen molar-refractivity contribution in [3.63, 3.8) is 0 Å². The summed E-state index contributed by atoms with van der Waals surface area (Å²) in [5, 5.41) is 5.42. The normalized spacial score (nSPS) is 14.0. The second kappa shape index (κ2) is 10.3. The van der Waals surface area contributed by atoms with Crippen LogP contribution >= 0.6 is 0 Å². The summed E-state index contributed by atoms with van der Waals surface area (Å²) in [6, 6.07) is 13.5. The molecular weight excluding hydrogens is 392 g/mol. The quantitative estimate of drug-likeness (QED) is 0.669. The zero-order chi connectivity index (χ0) is 22.4. The van der Waals surface area contributed by atoms with Gasteiger partial charge in [0.25, 0.3) is 0 Å². The zero-order valence-electron chi connectivity index (χ0n) is 18.8. The number of hydrogen-bond donors (Lipinski definition) is 2. The molecule has 0 saturated heterocycles. The number of likely N-dealkylation sites (N-methyl/N-ethyl adjacent to an activating group) is 1. The van der Waals surface area contributed by atoms with Gasteiger partial charge in [-0.05, 0) is 63.2 Å². The summed E-state index contributed by atoms with van der Waals surface area (Å²) in [5.74, 6) is -0.844. The SMILES string of the molecule is CCOc1ccccc1NC(=O)C(=O)NCC(c1ccc2c(c1)CCCN2C)N(C)C. The molecular formula is C24H32N4O3. The number of carbonyl (C=O) groups excluding carboxylic acids is 2. The molecule has 0 bridgehead atoms. The fraction of sp³-hybridized carbons (Fsp3) is 0.417. The van der Waals surface area contributed by atoms with Gasteiger partial charge in [-0.3, -0.25) is 9.59 Å². The minimum atomic E-state index is -0.711. The van der Waals surface area contributed by atoms with E-state index < -0.39 is 11.8 Å². The van der Waals surface area contributed by atoms with Gasteiger partial charge in [0, 0.05) is 25.8 Å². The Balaban J connectivity index is 1.65. The Labute approximate surface area is 184 Å². The Morgan fingerprint density at radius 3 is 2.68 bits per heavy atom. The molecule has 2 aromatic rings. The number of nitrogens with zero attached hydrogens (tertiary/aromatic N) is 2. The molecule has 0 saturated carbocycles. The number of rotatable bonds is 7. The highest BCUT2D eigenvalue weighted by Crippen LogP contribution is 2.30. The minimum absolute atomic E-state index is 0.0370. The van der Waals surface area contributed by atoms with Gasteiger partial charge in [0.05, 0.1) is 18.3 Å². The first-order chi connectivity index (χ1) is 14.9. The molecule has 7 heteroatoms. The summed E-state index contributed by atoms with van der Waals surface area (Å²) in [4.78, 5) is 29.2. The van der Waals surface area contributed by atoms with Crippen LogP contribution in [0.15, 0.2) is 42.5 Å². The van der Waals surface area contributed by atoms with Crippen LogP contribution in [0.25, 0.3) is 0 Å². The second-order valence-corrected chi connectivity index (χ2v) is 7.99. The zero-order valence-corrected chi connectivity index (χ0v) is 18.8. The predicted molar refractivity (Wildman–Crippen MR) is 124 cm³/mol. The number of para-hydroxylation sites is 2. The van der Waals surface area contributed by atoms with Gasteiger partial charge in [-0.1, -0.05) is 24.3 Å². The van der Waals surface area contributed by atoms with Crippen LogP contribution in [0, 0.1) is 0 Å². The molecule has 7 nitrogen and oxygen atoms in total. The summed E-state index contributed by atoms with van der Waals surface area (Å²) in [6.45, 7) is 3.74. The molecule has 2 N–H and O–H groups in total. The maximum atomic E-state index is 12.5. The Kier molecular flexibility index (Phi) is 7.52. The lowest BCUT2D eigenvalue weighted by atomic mass is 9.96. The molecule has 1 aliphatic heterocycles. The lowest BCUT2D eigenvalue weighted by Gasteiger charge is -2.30. The van der Waals surface area contributed by atoms with Gasteiger partial charge in [-0.25, -0.2) is 0 Å². The van der Waals surface area contributed by atoms with E-state index in [1.165, 1.54) is 11.3 Å². The smallest absolute Gasteiger partial charge is 0.313 e. The fourth-order valence-electron chi connectivity index (χ4n) is 3.91. The van der Waals surface area contributed by atoms with Gasteiger partial charge in [0.2, 0.25) is 0 Å². The summed E-state index contributed by atoms with van der Waals surface area (Å²) in [7, 11) is 6.06. The molecule has 1 aliphatic rings. The number of nitrogens with one attached hydrogen (secondary N) is 2. The number of fused-ring (bicyclic) bond motifs is 1. The van der Waals surface area contributed by atoms with Gasteiger partial charge in [0.15, 0.2) is 0 Å². The van der Waals surface area contributed by atoms with Gasteiger partial charge in [-0.2, -0.15) is 0 Å². The first kappa shape index (κ1) is 22.6. The minimum Gasteiger partial charge on any atom is -0.492 e. The first-order valence-electron chi connectivity index (χ1n) is 10.7. The van der Waals surface area contributed by atoms with Crippen molar-refractivity contribution in [3.05, 3.63) is 53.6 Å². The molecule has 0 spiro atoms. The largest absolute Gasteiger partial charge is 0.492 e. The van der Waals surface area contributed by atoms with E-state index in [0.717, 1.165) is 24.9 Å². The number of hydrogen-bond acceptors (Lipinski definition) is 5. The highest BCUT2D eigenvalue weighted by Gasteiger charge is 2.22. The molecule has 2 amide bonds. The van der Waals surface area contributed by atoms with E-state index in [1.54, 1.807) is 18.2 Å². The highest BCUT2D eigenvalue weighted by molar-refractivity contribution is 6.39. The molecule has 0 fully saturated rings. The van der Waals surface area contributed by atoms with E-state index in [1.807, 2.05) is 27.1 Å². The Bertz CT molecular complexity index is 929. The highest BCUT2D eigenvalue weighted by atomic mass is 16.5. The Morgan fingerprint density at radius 1 is 1.16 bits per heavy atom. The third-order valence-electron chi connectivity index (χ3n) is 5.56. The summed E-state index contributed by atoms with van der Waals surface area (Å²) < 4.78 is 5.50. The standard InChI is InChI=1S/C24H32N4O3/c1-5-31-22-11-7-6-10-19(22)26-24(30)23(29)25-16-21(27(2)3)18-12-13-20-17(15-18)9-8-14-28(20)4/h6-7,10-13,15,21H,5,8-9,14,16H2,1-4H3,(H,25,29)(H,26,30). The average molecular weight is 425 g/mol. The van der Waals surface area contributed by atoms with E-state index in [4.69, 9.17) is 4.74 Å². The van der Waals surface area contributed by atoms with Crippen LogP contribution in [0.1, 0.15) is 30.5 Å². The lowest BCUT2D eigenvalue weighted by Crippen LogP contribution is -2.40.